The molecule has 0 aliphatic carbocycles. The summed E-state index contributed by atoms with van der Waals surface area (Å²) in [7, 11) is 1.72. The summed E-state index contributed by atoms with van der Waals surface area (Å²) < 4.78 is 6.36. The lowest BCUT2D eigenvalue weighted by Crippen LogP contribution is -2.18. The van der Waals surface area contributed by atoms with Crippen molar-refractivity contribution in [2.45, 2.75) is 22.6 Å². The molecule has 0 aliphatic heterocycles. The molecule has 0 saturated carbocycles. The Bertz CT molecular complexity index is 497. The summed E-state index contributed by atoms with van der Waals surface area (Å²) in [6.45, 7) is 4.72. The first-order valence-corrected chi connectivity index (χ1v) is 8.00. The summed E-state index contributed by atoms with van der Waals surface area (Å²) >= 11 is 3.63. The predicted molar refractivity (Wildman–Crippen MR) is 83.2 cm³/mol. The average molecular weight is 293 g/mol. The first kappa shape index (κ1) is 14.6. The molecule has 0 spiro atoms. The van der Waals surface area contributed by atoms with E-state index < -0.39 is 0 Å². The number of rotatable bonds is 7. The van der Waals surface area contributed by atoms with Crippen molar-refractivity contribution in [1.29, 1.82) is 0 Å². The zero-order chi connectivity index (χ0) is 13.5. The molecule has 0 bridgehead atoms. The lowest BCUT2D eigenvalue weighted by molar-refractivity contribution is 0.199. The van der Waals surface area contributed by atoms with Crippen molar-refractivity contribution in [2.24, 2.45) is 0 Å². The molecule has 1 aromatic heterocycles. The summed E-state index contributed by atoms with van der Waals surface area (Å²) in [6.07, 6.45) is 0. The van der Waals surface area contributed by atoms with Crippen LogP contribution in [-0.4, -0.2) is 20.3 Å². The smallest absolute Gasteiger partial charge is 0.0646 e. The largest absolute Gasteiger partial charge is 0.383 e. The molecule has 1 N–H and O–H groups in total. The second-order valence-electron chi connectivity index (χ2n) is 4.30. The number of nitrogens with one attached hydrogen (secondary N) is 1. The highest BCUT2D eigenvalue weighted by molar-refractivity contribution is 8.01. The van der Waals surface area contributed by atoms with Crippen molar-refractivity contribution in [2.75, 3.05) is 20.3 Å². The molecule has 0 atom stereocenters. The zero-order valence-corrected chi connectivity index (χ0v) is 12.9. The SMILES string of the molecule is COCCNCc1ccc(Sc2cccs2)c(C)c1. The van der Waals surface area contributed by atoms with Crippen molar-refractivity contribution in [3.63, 3.8) is 0 Å². The van der Waals surface area contributed by atoms with Crippen molar-refractivity contribution in [3.05, 3.63) is 46.8 Å². The number of methoxy groups -OCH3 is 1. The fourth-order valence-corrected chi connectivity index (χ4v) is 3.57. The molecular weight excluding hydrogens is 274 g/mol. The van der Waals surface area contributed by atoms with Crippen molar-refractivity contribution in [1.82, 2.24) is 5.32 Å². The molecule has 1 aromatic carbocycles. The van der Waals surface area contributed by atoms with Crippen LogP contribution in [-0.2, 0) is 11.3 Å². The van der Waals surface area contributed by atoms with Gasteiger partial charge in [-0.05, 0) is 35.6 Å². The van der Waals surface area contributed by atoms with E-state index in [0.717, 1.165) is 19.7 Å². The second-order valence-corrected chi connectivity index (χ2v) is 6.59. The highest BCUT2D eigenvalue weighted by Crippen LogP contribution is 2.33. The van der Waals surface area contributed by atoms with Crippen molar-refractivity contribution >= 4 is 23.1 Å². The van der Waals surface area contributed by atoms with Crippen LogP contribution in [0.4, 0.5) is 0 Å². The number of thiophene rings is 1. The Kier molecular flexibility index (Phi) is 5.92. The number of benzene rings is 1. The van der Waals surface area contributed by atoms with Gasteiger partial charge in [0.25, 0.3) is 0 Å². The number of hydrogen-bond acceptors (Lipinski definition) is 4. The van der Waals surface area contributed by atoms with E-state index in [2.05, 4.69) is 48.0 Å². The summed E-state index contributed by atoms with van der Waals surface area (Å²) in [5, 5.41) is 5.48. The molecule has 0 saturated heterocycles. The molecule has 0 unspecified atom stereocenters. The van der Waals surface area contributed by atoms with Gasteiger partial charge in [-0.1, -0.05) is 30.0 Å². The highest BCUT2D eigenvalue weighted by atomic mass is 32.2. The summed E-state index contributed by atoms with van der Waals surface area (Å²) in [5.74, 6) is 0. The average Bonchev–Trinajstić information content (AvgIpc) is 2.91. The van der Waals surface area contributed by atoms with Crippen LogP contribution in [0.5, 0.6) is 0 Å². The molecule has 102 valence electrons. The Labute approximate surface area is 123 Å². The maximum absolute atomic E-state index is 5.02. The topological polar surface area (TPSA) is 21.3 Å². The predicted octanol–water partition coefficient (Wildman–Crippen LogP) is 3.94. The minimum atomic E-state index is 0.755. The van der Waals surface area contributed by atoms with Crippen LogP contribution in [0.2, 0.25) is 0 Å². The summed E-state index contributed by atoms with van der Waals surface area (Å²) in [6, 6.07) is 10.9. The molecular formula is C15H19NOS2. The fourth-order valence-electron chi connectivity index (χ4n) is 1.77. The maximum atomic E-state index is 5.02. The van der Waals surface area contributed by atoms with E-state index in [1.165, 1.54) is 20.2 Å². The Morgan fingerprint density at radius 2 is 2.21 bits per heavy atom. The first-order valence-electron chi connectivity index (χ1n) is 6.30. The van der Waals surface area contributed by atoms with Gasteiger partial charge in [-0.3, -0.25) is 0 Å². The lowest BCUT2D eigenvalue weighted by Gasteiger charge is -2.08. The normalized spacial score (nSPS) is 10.8. The quantitative estimate of drug-likeness (QED) is 0.781. The van der Waals surface area contributed by atoms with E-state index in [-0.39, 0.29) is 0 Å². The van der Waals surface area contributed by atoms with E-state index >= 15 is 0 Å². The van der Waals surface area contributed by atoms with Crippen molar-refractivity contribution in [3.8, 4) is 0 Å². The first-order chi connectivity index (χ1) is 9.29. The third-order valence-corrected chi connectivity index (χ3v) is 4.97. The van der Waals surface area contributed by atoms with Crippen molar-refractivity contribution < 1.29 is 4.74 Å². The van der Waals surface area contributed by atoms with E-state index in [1.807, 2.05) is 11.8 Å². The monoisotopic (exact) mass is 293 g/mol. The Balaban J connectivity index is 1.93. The van der Waals surface area contributed by atoms with Gasteiger partial charge in [-0.2, -0.15) is 0 Å². The van der Waals surface area contributed by atoms with Crippen LogP contribution >= 0.6 is 23.1 Å². The Hall–Kier alpha value is -0.810. The van der Waals surface area contributed by atoms with Crippen LogP contribution in [0.25, 0.3) is 0 Å². The van der Waals surface area contributed by atoms with Gasteiger partial charge in [0, 0.05) is 25.1 Å². The maximum Gasteiger partial charge on any atom is 0.0646 e. The minimum Gasteiger partial charge on any atom is -0.383 e. The van der Waals surface area contributed by atoms with Crippen LogP contribution < -0.4 is 5.32 Å². The van der Waals surface area contributed by atoms with Crippen LogP contribution in [0, 0.1) is 6.92 Å². The van der Waals surface area contributed by atoms with Crippen LogP contribution in [0.3, 0.4) is 0 Å². The van der Waals surface area contributed by atoms with Gasteiger partial charge < -0.3 is 10.1 Å². The van der Waals surface area contributed by atoms with E-state index in [0.29, 0.717) is 0 Å². The van der Waals surface area contributed by atoms with Crippen LogP contribution in [0.1, 0.15) is 11.1 Å². The standard InChI is InChI=1S/C15H19NOS2/c1-12-10-13(11-16-7-8-17-2)5-6-14(12)19-15-4-3-9-18-15/h3-6,9-10,16H,7-8,11H2,1-2H3. The third kappa shape index (κ3) is 4.66. The zero-order valence-electron chi connectivity index (χ0n) is 11.3. The number of aryl methyl sites for hydroxylation is 1. The van der Waals surface area contributed by atoms with Gasteiger partial charge >= 0.3 is 0 Å². The molecule has 19 heavy (non-hydrogen) atoms. The molecule has 0 fully saturated rings. The van der Waals surface area contributed by atoms with Gasteiger partial charge in [-0.15, -0.1) is 11.3 Å². The van der Waals surface area contributed by atoms with E-state index in [1.54, 1.807) is 18.4 Å². The van der Waals surface area contributed by atoms with E-state index in [9.17, 15) is 0 Å². The van der Waals surface area contributed by atoms with E-state index in [4.69, 9.17) is 4.74 Å². The second kappa shape index (κ2) is 7.70. The summed E-state index contributed by atoms with van der Waals surface area (Å²) in [5.41, 5.74) is 2.66. The Morgan fingerprint density at radius 3 is 2.89 bits per heavy atom. The van der Waals surface area contributed by atoms with Gasteiger partial charge in [0.1, 0.15) is 0 Å². The molecule has 1 heterocycles. The lowest BCUT2D eigenvalue weighted by atomic mass is 10.1. The van der Waals surface area contributed by atoms with Gasteiger partial charge in [-0.25, -0.2) is 0 Å². The van der Waals surface area contributed by atoms with Crippen LogP contribution in [0.15, 0.2) is 44.8 Å². The number of hydrogen-bond donors (Lipinski definition) is 1. The Morgan fingerprint density at radius 1 is 1.32 bits per heavy atom. The van der Waals surface area contributed by atoms with Gasteiger partial charge in [0.15, 0.2) is 0 Å². The van der Waals surface area contributed by atoms with Gasteiger partial charge in [0.2, 0.25) is 0 Å². The molecule has 0 amide bonds. The molecule has 0 aliphatic rings. The third-order valence-electron chi connectivity index (χ3n) is 2.76. The minimum absolute atomic E-state index is 0.755. The summed E-state index contributed by atoms with van der Waals surface area (Å²) in [4.78, 5) is 1.34. The molecule has 2 aromatic rings. The molecule has 2 nitrogen and oxygen atoms in total. The highest BCUT2D eigenvalue weighted by Gasteiger charge is 2.03. The fraction of sp³-hybridized carbons (Fsp3) is 0.333. The van der Waals surface area contributed by atoms with Gasteiger partial charge in [0.05, 0.1) is 10.8 Å². The molecule has 2 rings (SSSR count). The molecule has 0 radical (unpaired) electrons. The molecule has 4 heteroatoms. The number of ether oxygens (including phenoxy) is 1.